The molecule has 0 aliphatic carbocycles. The maximum absolute atomic E-state index is 11.3. The summed E-state index contributed by atoms with van der Waals surface area (Å²) in [6.45, 7) is 3.89. The highest BCUT2D eigenvalue weighted by Gasteiger charge is 2.11. The lowest BCUT2D eigenvalue weighted by molar-refractivity contribution is -0.298. The molecule has 0 fully saturated rings. The number of thioether (sulfide) groups is 1. The van der Waals surface area contributed by atoms with E-state index in [9.17, 15) is 9.90 Å². The molecule has 8 heteroatoms. The van der Waals surface area contributed by atoms with Crippen LogP contribution in [-0.4, -0.2) is 22.8 Å². The second kappa shape index (κ2) is 7.33. The van der Waals surface area contributed by atoms with Crippen LogP contribution >= 0.6 is 23.4 Å². The van der Waals surface area contributed by atoms with Crippen LogP contribution in [0.3, 0.4) is 0 Å². The maximum atomic E-state index is 11.3. The van der Waals surface area contributed by atoms with Gasteiger partial charge in [0.25, 0.3) is 5.22 Å². The zero-order valence-electron chi connectivity index (χ0n) is 11.8. The molecule has 0 bridgehead atoms. The number of benzene rings is 1. The fourth-order valence-electron chi connectivity index (χ4n) is 1.60. The summed E-state index contributed by atoms with van der Waals surface area (Å²) < 4.78 is 10.6. The number of carboxylic acid groups (broad SMARTS) is 1. The van der Waals surface area contributed by atoms with E-state index in [1.165, 1.54) is 6.08 Å². The van der Waals surface area contributed by atoms with Crippen molar-refractivity contribution in [3.05, 3.63) is 39.6 Å². The first-order chi connectivity index (χ1) is 10.5. The van der Waals surface area contributed by atoms with Gasteiger partial charge in [0.1, 0.15) is 5.75 Å². The Morgan fingerprint density at radius 1 is 1.50 bits per heavy atom. The van der Waals surface area contributed by atoms with Crippen molar-refractivity contribution in [1.29, 1.82) is 0 Å². The number of hydrogen-bond acceptors (Lipinski definition) is 7. The van der Waals surface area contributed by atoms with Crippen molar-refractivity contribution in [1.82, 2.24) is 10.2 Å². The SMILES string of the molecule is CCOc1ccc(Cl)cc1/C=C(\Sc1nnc(C)o1)C(=O)[O-]. The Balaban J connectivity index is 2.37. The topological polar surface area (TPSA) is 88.3 Å². The summed E-state index contributed by atoms with van der Waals surface area (Å²) in [6, 6.07) is 4.94. The smallest absolute Gasteiger partial charge is 0.281 e. The molecule has 0 radical (unpaired) electrons. The van der Waals surface area contributed by atoms with Crippen molar-refractivity contribution >= 4 is 35.4 Å². The van der Waals surface area contributed by atoms with Crippen LogP contribution < -0.4 is 9.84 Å². The third-order valence-corrected chi connectivity index (χ3v) is 3.54. The summed E-state index contributed by atoms with van der Waals surface area (Å²) in [5.74, 6) is -0.491. The highest BCUT2D eigenvalue weighted by atomic mass is 35.5. The van der Waals surface area contributed by atoms with E-state index in [1.807, 2.05) is 6.92 Å². The number of aromatic nitrogens is 2. The van der Waals surface area contributed by atoms with Crippen LogP contribution in [0.1, 0.15) is 18.4 Å². The van der Waals surface area contributed by atoms with Crippen molar-refractivity contribution in [3.8, 4) is 5.75 Å². The molecule has 0 atom stereocenters. The summed E-state index contributed by atoms with van der Waals surface area (Å²) in [6.07, 6.45) is 1.40. The van der Waals surface area contributed by atoms with Crippen LogP contribution in [0.15, 0.2) is 32.7 Å². The summed E-state index contributed by atoms with van der Waals surface area (Å²) in [5, 5.41) is 19.3. The first kappa shape index (κ1) is 16.4. The molecule has 1 aromatic carbocycles. The molecule has 22 heavy (non-hydrogen) atoms. The third-order valence-electron chi connectivity index (χ3n) is 2.46. The minimum Gasteiger partial charge on any atom is -0.544 e. The Hall–Kier alpha value is -1.99. The molecular weight excluding hydrogens is 328 g/mol. The first-order valence-corrected chi connectivity index (χ1v) is 7.52. The fourth-order valence-corrected chi connectivity index (χ4v) is 2.49. The molecule has 0 saturated carbocycles. The average Bonchev–Trinajstić information content (AvgIpc) is 2.86. The highest BCUT2D eigenvalue weighted by molar-refractivity contribution is 8.03. The van der Waals surface area contributed by atoms with Gasteiger partial charge in [-0.15, -0.1) is 10.2 Å². The number of halogens is 1. The Kier molecular flexibility index (Phi) is 5.46. The van der Waals surface area contributed by atoms with Gasteiger partial charge in [-0.3, -0.25) is 0 Å². The van der Waals surface area contributed by atoms with E-state index in [1.54, 1.807) is 25.1 Å². The molecule has 0 saturated heterocycles. The lowest BCUT2D eigenvalue weighted by Crippen LogP contribution is -2.23. The van der Waals surface area contributed by atoms with E-state index < -0.39 is 5.97 Å². The van der Waals surface area contributed by atoms with Crippen LogP contribution in [0.25, 0.3) is 6.08 Å². The van der Waals surface area contributed by atoms with Gasteiger partial charge >= 0.3 is 0 Å². The second-order valence-electron chi connectivity index (χ2n) is 4.10. The molecule has 0 aliphatic rings. The molecule has 0 spiro atoms. The van der Waals surface area contributed by atoms with Gasteiger partial charge < -0.3 is 19.1 Å². The summed E-state index contributed by atoms with van der Waals surface area (Å²) >= 11 is 6.75. The van der Waals surface area contributed by atoms with E-state index >= 15 is 0 Å². The number of ether oxygens (including phenoxy) is 1. The molecule has 1 aromatic heterocycles. The molecule has 0 N–H and O–H groups in total. The largest absolute Gasteiger partial charge is 0.544 e. The summed E-state index contributed by atoms with van der Waals surface area (Å²) in [4.78, 5) is 11.2. The van der Waals surface area contributed by atoms with E-state index in [4.69, 9.17) is 20.8 Å². The van der Waals surface area contributed by atoms with Gasteiger partial charge in [0, 0.05) is 22.4 Å². The number of carbonyl (C=O) groups is 1. The van der Waals surface area contributed by atoms with E-state index in [2.05, 4.69) is 10.2 Å². The Morgan fingerprint density at radius 3 is 2.86 bits per heavy atom. The molecule has 0 unspecified atom stereocenters. The van der Waals surface area contributed by atoms with E-state index in [-0.39, 0.29) is 10.1 Å². The molecule has 1 heterocycles. The zero-order valence-corrected chi connectivity index (χ0v) is 13.4. The minimum absolute atomic E-state index is 0.0909. The van der Waals surface area contributed by atoms with Crippen molar-refractivity contribution < 1.29 is 19.1 Å². The molecule has 2 aromatic rings. The molecule has 0 amide bonds. The first-order valence-electron chi connectivity index (χ1n) is 6.33. The van der Waals surface area contributed by atoms with Crippen molar-refractivity contribution in [3.63, 3.8) is 0 Å². The van der Waals surface area contributed by atoms with Crippen LogP contribution in [0.5, 0.6) is 5.75 Å². The van der Waals surface area contributed by atoms with Gasteiger partial charge in [-0.25, -0.2) is 0 Å². The Bertz CT molecular complexity index is 715. The maximum Gasteiger partial charge on any atom is 0.281 e. The fraction of sp³-hybridized carbons (Fsp3) is 0.214. The Labute approximate surface area is 136 Å². The second-order valence-corrected chi connectivity index (χ2v) is 5.53. The van der Waals surface area contributed by atoms with Gasteiger partial charge in [0.2, 0.25) is 5.89 Å². The lowest BCUT2D eigenvalue weighted by Gasteiger charge is -2.10. The predicted molar refractivity (Wildman–Crippen MR) is 80.5 cm³/mol. The monoisotopic (exact) mass is 339 g/mol. The van der Waals surface area contributed by atoms with Gasteiger partial charge in [-0.2, -0.15) is 0 Å². The van der Waals surface area contributed by atoms with Gasteiger partial charge in [0.05, 0.1) is 12.6 Å². The Morgan fingerprint density at radius 2 is 2.27 bits per heavy atom. The van der Waals surface area contributed by atoms with Crippen molar-refractivity contribution in [2.75, 3.05) is 6.61 Å². The summed E-state index contributed by atoms with van der Waals surface area (Å²) in [7, 11) is 0. The lowest BCUT2D eigenvalue weighted by atomic mass is 10.2. The predicted octanol–water partition coefficient (Wildman–Crippen LogP) is 2.31. The number of aliphatic carboxylic acids is 1. The van der Waals surface area contributed by atoms with Gasteiger partial charge in [0.15, 0.2) is 0 Å². The molecule has 116 valence electrons. The highest BCUT2D eigenvalue weighted by Crippen LogP contribution is 2.31. The van der Waals surface area contributed by atoms with E-state index in [0.717, 1.165) is 11.8 Å². The number of nitrogens with zero attached hydrogens (tertiary/aromatic N) is 2. The molecule has 6 nitrogen and oxygen atoms in total. The van der Waals surface area contributed by atoms with Gasteiger partial charge in [-0.1, -0.05) is 11.6 Å². The third kappa shape index (κ3) is 4.25. The standard InChI is InChI=1S/C14H13ClN2O4S/c1-3-20-11-5-4-10(15)6-9(11)7-12(13(18)19)22-14-17-16-8(2)21-14/h4-7H,3H2,1-2H3,(H,18,19)/p-1/b12-7-. The van der Waals surface area contributed by atoms with E-state index in [0.29, 0.717) is 28.8 Å². The zero-order chi connectivity index (χ0) is 16.1. The number of hydrogen-bond donors (Lipinski definition) is 0. The average molecular weight is 340 g/mol. The number of aryl methyl sites for hydroxylation is 1. The van der Waals surface area contributed by atoms with Gasteiger partial charge in [-0.05, 0) is 43.0 Å². The number of carbonyl (C=O) groups excluding carboxylic acids is 1. The van der Waals surface area contributed by atoms with Crippen LogP contribution in [0.2, 0.25) is 5.02 Å². The summed E-state index contributed by atoms with van der Waals surface area (Å²) in [5.41, 5.74) is 0.525. The van der Waals surface area contributed by atoms with Crippen molar-refractivity contribution in [2.45, 2.75) is 19.1 Å². The molecule has 0 aliphatic heterocycles. The van der Waals surface area contributed by atoms with Crippen molar-refractivity contribution in [2.24, 2.45) is 0 Å². The quantitative estimate of drug-likeness (QED) is 0.589. The number of carboxylic acids is 1. The molecule has 2 rings (SSSR count). The normalized spacial score (nSPS) is 11.5. The molecular formula is C14H12ClN2O4S-. The van der Waals surface area contributed by atoms with Crippen LogP contribution in [-0.2, 0) is 4.79 Å². The number of rotatable bonds is 6. The minimum atomic E-state index is -1.36. The van der Waals surface area contributed by atoms with Crippen LogP contribution in [0.4, 0.5) is 0 Å². The van der Waals surface area contributed by atoms with Crippen LogP contribution in [0, 0.1) is 6.92 Å².